The number of carbonyl (C=O) groups excluding carboxylic acids is 1. The first-order valence-corrected chi connectivity index (χ1v) is 8.37. The maximum Gasteiger partial charge on any atom is 0.223 e. The molecule has 0 bridgehead atoms. The van der Waals surface area contributed by atoms with Crippen molar-refractivity contribution in [2.24, 2.45) is 0 Å². The molecule has 1 saturated heterocycles. The molecule has 0 aliphatic carbocycles. The number of carbonyl (C=O) groups is 1. The van der Waals surface area contributed by atoms with Crippen LogP contribution in [0.25, 0.3) is 11.3 Å². The van der Waals surface area contributed by atoms with E-state index < -0.39 is 0 Å². The fraction of sp³-hybridized carbons (Fsp3) is 0.444. The minimum atomic E-state index is 0.137. The van der Waals surface area contributed by atoms with Gasteiger partial charge in [-0.1, -0.05) is 30.3 Å². The molecular weight excluding hydrogens is 306 g/mol. The van der Waals surface area contributed by atoms with Gasteiger partial charge in [0, 0.05) is 51.1 Å². The predicted molar refractivity (Wildman–Crippen MR) is 90.4 cm³/mol. The average Bonchev–Trinajstić information content (AvgIpc) is 3.10. The molecule has 3 rings (SSSR count). The molecule has 0 unspecified atom stereocenters. The fourth-order valence-corrected chi connectivity index (χ4v) is 2.90. The minimum Gasteiger partial charge on any atom is -0.441 e. The van der Waals surface area contributed by atoms with Gasteiger partial charge in [0.2, 0.25) is 5.91 Å². The van der Waals surface area contributed by atoms with Gasteiger partial charge in [-0.2, -0.15) is 0 Å². The molecule has 6 heteroatoms. The van der Waals surface area contributed by atoms with Gasteiger partial charge in [-0.15, -0.1) is 0 Å². The van der Waals surface area contributed by atoms with Gasteiger partial charge in [0.25, 0.3) is 0 Å². The average molecular weight is 329 g/mol. The number of aromatic nitrogens is 1. The van der Waals surface area contributed by atoms with E-state index in [2.05, 4.69) is 9.88 Å². The lowest BCUT2D eigenvalue weighted by Crippen LogP contribution is -2.49. The van der Waals surface area contributed by atoms with Gasteiger partial charge in [0.15, 0.2) is 11.7 Å². The number of benzene rings is 1. The van der Waals surface area contributed by atoms with E-state index in [1.807, 2.05) is 35.2 Å². The van der Waals surface area contributed by atoms with Crippen LogP contribution in [0.15, 0.2) is 40.9 Å². The lowest BCUT2D eigenvalue weighted by molar-refractivity contribution is -0.133. The van der Waals surface area contributed by atoms with Crippen molar-refractivity contribution in [1.82, 2.24) is 14.8 Å². The summed E-state index contributed by atoms with van der Waals surface area (Å²) in [6, 6.07) is 9.82. The normalized spacial score (nSPS) is 15.6. The van der Waals surface area contributed by atoms with E-state index >= 15 is 0 Å². The van der Waals surface area contributed by atoms with Gasteiger partial charge >= 0.3 is 0 Å². The molecule has 1 amide bonds. The van der Waals surface area contributed by atoms with E-state index in [-0.39, 0.29) is 12.5 Å². The summed E-state index contributed by atoms with van der Waals surface area (Å²) in [6.07, 6.45) is 2.64. The maximum absolute atomic E-state index is 12.3. The standard InChI is InChI=1S/C18H23N3O3/c22-13-12-20-8-10-21(11-9-20)18(23)7-6-17-19-14-16(24-17)15-4-2-1-3-5-15/h1-5,14,22H,6-13H2. The smallest absolute Gasteiger partial charge is 0.223 e. The lowest BCUT2D eigenvalue weighted by atomic mass is 10.2. The topological polar surface area (TPSA) is 69.8 Å². The Bertz CT molecular complexity index is 649. The van der Waals surface area contributed by atoms with Gasteiger partial charge < -0.3 is 14.4 Å². The van der Waals surface area contributed by atoms with E-state index in [0.717, 1.165) is 37.5 Å². The molecular formula is C18H23N3O3. The Morgan fingerprint density at radius 3 is 2.62 bits per heavy atom. The van der Waals surface area contributed by atoms with E-state index in [1.54, 1.807) is 6.20 Å². The van der Waals surface area contributed by atoms with Crippen LogP contribution in [0.1, 0.15) is 12.3 Å². The molecule has 1 N–H and O–H groups in total. The van der Waals surface area contributed by atoms with Crippen LogP contribution in [0.5, 0.6) is 0 Å². The van der Waals surface area contributed by atoms with Crippen molar-refractivity contribution in [1.29, 1.82) is 0 Å². The number of hydrogen-bond donors (Lipinski definition) is 1. The monoisotopic (exact) mass is 329 g/mol. The zero-order chi connectivity index (χ0) is 16.8. The highest BCUT2D eigenvalue weighted by atomic mass is 16.4. The van der Waals surface area contributed by atoms with Crippen LogP contribution in [0, 0.1) is 0 Å². The van der Waals surface area contributed by atoms with E-state index in [9.17, 15) is 4.79 Å². The largest absolute Gasteiger partial charge is 0.441 e. The first kappa shape index (κ1) is 16.7. The molecule has 1 aromatic heterocycles. The summed E-state index contributed by atoms with van der Waals surface area (Å²) >= 11 is 0. The van der Waals surface area contributed by atoms with Gasteiger partial charge in [-0.05, 0) is 0 Å². The Hall–Kier alpha value is -2.18. The summed E-state index contributed by atoms with van der Waals surface area (Å²) in [6.45, 7) is 3.94. The third-order valence-electron chi connectivity index (χ3n) is 4.31. The SMILES string of the molecule is O=C(CCc1ncc(-c2ccccc2)o1)N1CCN(CCO)CC1. The van der Waals surface area contributed by atoms with Crippen LogP contribution in [0.3, 0.4) is 0 Å². The second-order valence-electron chi connectivity index (χ2n) is 5.93. The van der Waals surface area contributed by atoms with Crippen molar-refractivity contribution in [3.05, 3.63) is 42.4 Å². The van der Waals surface area contributed by atoms with E-state index in [0.29, 0.717) is 25.3 Å². The van der Waals surface area contributed by atoms with Crippen molar-refractivity contribution in [2.75, 3.05) is 39.3 Å². The van der Waals surface area contributed by atoms with Crippen LogP contribution < -0.4 is 0 Å². The second kappa shape index (κ2) is 8.08. The van der Waals surface area contributed by atoms with Crippen molar-refractivity contribution in [3.8, 4) is 11.3 Å². The molecule has 1 aliphatic heterocycles. The Morgan fingerprint density at radius 1 is 1.17 bits per heavy atom. The van der Waals surface area contributed by atoms with E-state index in [4.69, 9.17) is 9.52 Å². The highest BCUT2D eigenvalue weighted by molar-refractivity contribution is 5.76. The second-order valence-corrected chi connectivity index (χ2v) is 5.93. The molecule has 0 radical (unpaired) electrons. The maximum atomic E-state index is 12.3. The van der Waals surface area contributed by atoms with Crippen molar-refractivity contribution in [3.63, 3.8) is 0 Å². The first-order chi connectivity index (χ1) is 11.8. The molecule has 1 aliphatic rings. The van der Waals surface area contributed by atoms with Crippen LogP contribution in [-0.2, 0) is 11.2 Å². The molecule has 1 fully saturated rings. The molecule has 6 nitrogen and oxygen atoms in total. The predicted octanol–water partition coefficient (Wildman–Crippen LogP) is 1.41. The number of oxazole rings is 1. The summed E-state index contributed by atoms with van der Waals surface area (Å²) in [4.78, 5) is 20.6. The van der Waals surface area contributed by atoms with Crippen LogP contribution >= 0.6 is 0 Å². The number of β-amino-alcohol motifs (C(OH)–C–C–N with tert-alkyl or cyclic N) is 1. The number of aryl methyl sites for hydroxylation is 1. The molecule has 128 valence electrons. The van der Waals surface area contributed by atoms with Crippen LogP contribution in [-0.4, -0.2) is 65.1 Å². The molecule has 0 atom stereocenters. The number of amides is 1. The number of aliphatic hydroxyl groups is 1. The minimum absolute atomic E-state index is 0.137. The third kappa shape index (κ3) is 4.21. The third-order valence-corrected chi connectivity index (χ3v) is 4.31. The number of aliphatic hydroxyl groups excluding tert-OH is 1. The number of nitrogens with zero attached hydrogens (tertiary/aromatic N) is 3. The molecule has 2 aromatic rings. The Balaban J connectivity index is 1.48. The molecule has 24 heavy (non-hydrogen) atoms. The van der Waals surface area contributed by atoms with Gasteiger partial charge in [-0.25, -0.2) is 4.98 Å². The van der Waals surface area contributed by atoms with Crippen LogP contribution in [0.2, 0.25) is 0 Å². The summed E-state index contributed by atoms with van der Waals surface area (Å²) in [5.74, 6) is 1.47. The molecule has 2 heterocycles. The summed E-state index contributed by atoms with van der Waals surface area (Å²) in [5, 5.41) is 8.95. The summed E-state index contributed by atoms with van der Waals surface area (Å²) < 4.78 is 5.74. The fourth-order valence-electron chi connectivity index (χ4n) is 2.90. The quantitative estimate of drug-likeness (QED) is 0.868. The molecule has 0 spiro atoms. The van der Waals surface area contributed by atoms with Gasteiger partial charge in [-0.3, -0.25) is 9.69 Å². The highest BCUT2D eigenvalue weighted by Gasteiger charge is 2.21. The lowest BCUT2D eigenvalue weighted by Gasteiger charge is -2.34. The Morgan fingerprint density at radius 2 is 1.92 bits per heavy atom. The number of piperazine rings is 1. The van der Waals surface area contributed by atoms with Gasteiger partial charge in [0.1, 0.15) is 0 Å². The van der Waals surface area contributed by atoms with Crippen molar-refractivity contribution in [2.45, 2.75) is 12.8 Å². The summed E-state index contributed by atoms with van der Waals surface area (Å²) in [7, 11) is 0. The Kier molecular flexibility index (Phi) is 5.61. The van der Waals surface area contributed by atoms with Crippen molar-refractivity contribution >= 4 is 5.91 Å². The Labute approximate surface area is 141 Å². The zero-order valence-electron chi connectivity index (χ0n) is 13.7. The molecule has 0 saturated carbocycles. The zero-order valence-corrected chi connectivity index (χ0v) is 13.7. The summed E-state index contributed by atoms with van der Waals surface area (Å²) in [5.41, 5.74) is 0.989. The van der Waals surface area contributed by atoms with Crippen molar-refractivity contribution < 1.29 is 14.3 Å². The number of hydrogen-bond acceptors (Lipinski definition) is 5. The highest BCUT2D eigenvalue weighted by Crippen LogP contribution is 2.20. The number of rotatable bonds is 6. The first-order valence-electron chi connectivity index (χ1n) is 8.37. The molecule has 1 aromatic carbocycles. The van der Waals surface area contributed by atoms with E-state index in [1.165, 1.54) is 0 Å². The van der Waals surface area contributed by atoms with Crippen LogP contribution in [0.4, 0.5) is 0 Å². The van der Waals surface area contributed by atoms with Gasteiger partial charge in [0.05, 0.1) is 12.8 Å².